The van der Waals surface area contributed by atoms with Gasteiger partial charge in [0.25, 0.3) is 0 Å². The van der Waals surface area contributed by atoms with Gasteiger partial charge in [-0.1, -0.05) is 110 Å². The van der Waals surface area contributed by atoms with Crippen molar-refractivity contribution in [1.82, 2.24) is 9.55 Å². The van der Waals surface area contributed by atoms with Crippen LogP contribution in [-0.4, -0.2) is 9.55 Å². The van der Waals surface area contributed by atoms with Crippen LogP contribution in [0.1, 0.15) is 5.56 Å². The first kappa shape index (κ1) is 22.9. The maximum Gasteiger partial charge on any atom is 0.0716 e. The largest absolute Gasteiger partial charge is 0.309 e. The number of rotatable bonds is 5. The summed E-state index contributed by atoms with van der Waals surface area (Å²) in [6.45, 7) is 3.97. The normalized spacial score (nSPS) is 11.2. The zero-order valence-electron chi connectivity index (χ0n) is 21.5. The molecule has 0 saturated carbocycles. The number of hydrogen-bond donors (Lipinski definition) is 0. The van der Waals surface area contributed by atoms with E-state index in [1.807, 2.05) is 12.1 Å². The summed E-state index contributed by atoms with van der Waals surface area (Å²) in [6.07, 6.45) is 1.90. The number of aromatic nitrogens is 2. The van der Waals surface area contributed by atoms with E-state index in [1.54, 1.807) is 0 Å². The predicted octanol–water partition coefficient (Wildman–Crippen LogP) is 9.82. The van der Waals surface area contributed by atoms with Crippen molar-refractivity contribution >= 4 is 27.9 Å². The second-order valence-electron chi connectivity index (χ2n) is 9.74. The average molecular weight is 499 g/mol. The highest BCUT2D eigenvalue weighted by Gasteiger charge is 2.14. The monoisotopic (exact) mass is 498 g/mol. The van der Waals surface area contributed by atoms with Crippen molar-refractivity contribution in [2.75, 3.05) is 0 Å². The maximum absolute atomic E-state index is 5.15. The minimum atomic E-state index is 0.951. The van der Waals surface area contributed by atoms with Gasteiger partial charge in [0.15, 0.2) is 0 Å². The summed E-state index contributed by atoms with van der Waals surface area (Å²) in [5.41, 5.74) is 11.0. The van der Waals surface area contributed by atoms with Crippen LogP contribution in [0.3, 0.4) is 0 Å². The van der Waals surface area contributed by atoms with E-state index in [0.29, 0.717) is 0 Å². The van der Waals surface area contributed by atoms with Crippen molar-refractivity contribution in [2.24, 2.45) is 0 Å². The Labute approximate surface area is 228 Å². The van der Waals surface area contributed by atoms with Crippen LogP contribution in [0.2, 0.25) is 0 Å². The van der Waals surface area contributed by atoms with Crippen LogP contribution in [0.4, 0.5) is 0 Å². The van der Waals surface area contributed by atoms with Gasteiger partial charge in [0.1, 0.15) is 0 Å². The number of pyridine rings is 1. The SMILES string of the molecule is C=Cc1ccc2c(c1)c1ccccc1n2-c1cccc(-c2cc(-c3ccccc3)cc(-c3ccccc3)n2)c1. The molecule has 5 aromatic carbocycles. The molecule has 0 unspecified atom stereocenters. The molecule has 7 rings (SSSR count). The molecular weight excluding hydrogens is 472 g/mol. The Morgan fingerprint density at radius 1 is 0.487 bits per heavy atom. The smallest absolute Gasteiger partial charge is 0.0716 e. The molecule has 7 aromatic rings. The summed E-state index contributed by atoms with van der Waals surface area (Å²) in [5, 5.41) is 2.46. The fraction of sp³-hybridized carbons (Fsp3) is 0. The average Bonchev–Trinajstić information content (AvgIpc) is 3.35. The Morgan fingerprint density at radius 2 is 1.13 bits per heavy atom. The van der Waals surface area contributed by atoms with Gasteiger partial charge in [-0.15, -0.1) is 0 Å². The van der Waals surface area contributed by atoms with Crippen LogP contribution >= 0.6 is 0 Å². The minimum Gasteiger partial charge on any atom is -0.309 e. The van der Waals surface area contributed by atoms with Crippen LogP contribution in [0, 0.1) is 0 Å². The Balaban J connectivity index is 1.43. The minimum absolute atomic E-state index is 0.951. The summed E-state index contributed by atoms with van der Waals surface area (Å²) in [6, 6.07) is 49.2. The standard InChI is InChI=1S/C37H26N2/c1-2-26-20-21-37-33(22-26)32-18-9-10-19-36(32)39(37)31-17-11-16-29(23-31)35-25-30(27-12-5-3-6-13-27)24-34(38-35)28-14-7-4-8-15-28/h2-25H,1H2. The molecule has 0 aliphatic heterocycles. The fourth-order valence-electron chi connectivity index (χ4n) is 5.43. The van der Waals surface area contributed by atoms with E-state index < -0.39 is 0 Å². The molecule has 184 valence electrons. The molecule has 2 nitrogen and oxygen atoms in total. The van der Waals surface area contributed by atoms with Gasteiger partial charge >= 0.3 is 0 Å². The molecule has 0 bridgehead atoms. The van der Waals surface area contributed by atoms with E-state index in [9.17, 15) is 0 Å². The van der Waals surface area contributed by atoms with E-state index in [1.165, 1.54) is 27.4 Å². The first-order chi connectivity index (χ1) is 19.3. The van der Waals surface area contributed by atoms with Crippen molar-refractivity contribution in [3.05, 3.63) is 152 Å². The number of para-hydroxylation sites is 1. The number of fused-ring (bicyclic) bond motifs is 3. The zero-order chi connectivity index (χ0) is 26.2. The second kappa shape index (κ2) is 9.59. The molecule has 0 N–H and O–H groups in total. The van der Waals surface area contributed by atoms with Gasteiger partial charge in [-0.3, -0.25) is 0 Å². The van der Waals surface area contributed by atoms with E-state index >= 15 is 0 Å². The summed E-state index contributed by atoms with van der Waals surface area (Å²) in [7, 11) is 0. The molecule has 2 heteroatoms. The van der Waals surface area contributed by atoms with E-state index in [0.717, 1.165) is 39.3 Å². The van der Waals surface area contributed by atoms with Gasteiger partial charge in [0.2, 0.25) is 0 Å². The first-order valence-corrected chi connectivity index (χ1v) is 13.2. The Morgan fingerprint density at radius 3 is 1.90 bits per heavy atom. The van der Waals surface area contributed by atoms with Crippen molar-refractivity contribution in [2.45, 2.75) is 0 Å². The molecule has 0 atom stereocenters. The van der Waals surface area contributed by atoms with Crippen molar-refractivity contribution in [3.8, 4) is 39.3 Å². The van der Waals surface area contributed by atoms with E-state index in [2.05, 4.69) is 145 Å². The van der Waals surface area contributed by atoms with Crippen LogP contribution in [0.15, 0.2) is 146 Å². The number of nitrogens with zero attached hydrogens (tertiary/aromatic N) is 2. The molecule has 2 heterocycles. The van der Waals surface area contributed by atoms with Gasteiger partial charge in [0.05, 0.1) is 22.4 Å². The molecule has 0 amide bonds. The molecule has 0 saturated heterocycles. The lowest BCUT2D eigenvalue weighted by atomic mass is 10.00. The lowest BCUT2D eigenvalue weighted by Crippen LogP contribution is -1.96. The fourth-order valence-corrected chi connectivity index (χ4v) is 5.43. The predicted molar refractivity (Wildman–Crippen MR) is 165 cm³/mol. The third-order valence-electron chi connectivity index (χ3n) is 7.33. The molecule has 0 radical (unpaired) electrons. The Bertz CT molecular complexity index is 1910. The van der Waals surface area contributed by atoms with Gasteiger partial charge in [-0.05, 0) is 59.2 Å². The van der Waals surface area contributed by atoms with Crippen LogP contribution < -0.4 is 0 Å². The Hall–Kier alpha value is -5.21. The quantitative estimate of drug-likeness (QED) is 0.231. The third kappa shape index (κ3) is 4.13. The number of benzene rings is 5. The highest BCUT2D eigenvalue weighted by Crippen LogP contribution is 2.35. The van der Waals surface area contributed by atoms with Gasteiger partial charge in [-0.2, -0.15) is 0 Å². The van der Waals surface area contributed by atoms with Crippen molar-refractivity contribution in [1.29, 1.82) is 0 Å². The molecular formula is C37H26N2. The maximum atomic E-state index is 5.15. The summed E-state index contributed by atoms with van der Waals surface area (Å²) in [4.78, 5) is 5.15. The topological polar surface area (TPSA) is 17.8 Å². The van der Waals surface area contributed by atoms with Gasteiger partial charge in [-0.25, -0.2) is 4.98 Å². The first-order valence-electron chi connectivity index (χ1n) is 13.2. The molecule has 0 aliphatic carbocycles. The zero-order valence-corrected chi connectivity index (χ0v) is 21.5. The van der Waals surface area contributed by atoms with Gasteiger partial charge in [0, 0.05) is 27.6 Å². The summed E-state index contributed by atoms with van der Waals surface area (Å²) >= 11 is 0. The summed E-state index contributed by atoms with van der Waals surface area (Å²) in [5.74, 6) is 0. The number of hydrogen-bond acceptors (Lipinski definition) is 1. The van der Waals surface area contributed by atoms with Gasteiger partial charge < -0.3 is 4.57 Å². The molecule has 39 heavy (non-hydrogen) atoms. The highest BCUT2D eigenvalue weighted by atomic mass is 15.0. The van der Waals surface area contributed by atoms with Crippen LogP contribution in [0.5, 0.6) is 0 Å². The highest BCUT2D eigenvalue weighted by molar-refractivity contribution is 6.09. The molecule has 0 aliphatic rings. The lowest BCUT2D eigenvalue weighted by molar-refractivity contribution is 1.18. The van der Waals surface area contributed by atoms with Crippen molar-refractivity contribution in [3.63, 3.8) is 0 Å². The molecule has 2 aromatic heterocycles. The second-order valence-corrected chi connectivity index (χ2v) is 9.74. The molecule has 0 fully saturated rings. The third-order valence-corrected chi connectivity index (χ3v) is 7.33. The molecule has 0 spiro atoms. The lowest BCUT2D eigenvalue weighted by Gasteiger charge is -2.13. The van der Waals surface area contributed by atoms with Crippen molar-refractivity contribution < 1.29 is 0 Å². The van der Waals surface area contributed by atoms with E-state index in [-0.39, 0.29) is 0 Å². The summed E-state index contributed by atoms with van der Waals surface area (Å²) < 4.78 is 2.35. The van der Waals surface area contributed by atoms with Crippen LogP contribution in [0.25, 0.3) is 67.2 Å². The Kier molecular flexibility index (Phi) is 5.64. The van der Waals surface area contributed by atoms with E-state index in [4.69, 9.17) is 4.98 Å². The van der Waals surface area contributed by atoms with Crippen LogP contribution in [-0.2, 0) is 0 Å².